The fourth-order valence-electron chi connectivity index (χ4n) is 7.34. The number of nitrogens with two attached hydrogens (primary N) is 1. The third-order valence-electron chi connectivity index (χ3n) is 10.9. The minimum absolute atomic E-state index is 0.118. The molecular weight excluding hydrogens is 899 g/mol. The molecule has 1 amide bonds. The molecule has 0 spiro atoms. The molecule has 352 valence electrons. The van der Waals surface area contributed by atoms with Crippen LogP contribution in [0, 0.1) is 0 Å². The Labute approximate surface area is 389 Å². The Hall–Kier alpha value is -7.03. The Kier molecular flexibility index (Phi) is 13.9. The first-order valence-corrected chi connectivity index (χ1v) is 24.1. The van der Waals surface area contributed by atoms with Gasteiger partial charge in [0, 0.05) is 32.2 Å². The number of nitrogens with one attached hydrogen (secondary N) is 1. The molecule has 0 aliphatic carbocycles. The van der Waals surface area contributed by atoms with E-state index in [0.29, 0.717) is 45.0 Å². The maximum atomic E-state index is 16.1. The number of hydrogen-bond donors (Lipinski definition) is 2. The zero-order valence-corrected chi connectivity index (χ0v) is 40.1. The van der Waals surface area contributed by atoms with Gasteiger partial charge in [-0.05, 0) is 104 Å². The summed E-state index contributed by atoms with van der Waals surface area (Å²) in [5, 5.41) is 14.7. The van der Waals surface area contributed by atoms with Crippen molar-refractivity contribution in [1.82, 2.24) is 39.4 Å². The maximum Gasteiger partial charge on any atom is 0.407 e. The first-order chi connectivity index (χ1) is 31.8. The van der Waals surface area contributed by atoms with Gasteiger partial charge in [-0.3, -0.25) is 0 Å². The van der Waals surface area contributed by atoms with E-state index in [1.165, 1.54) is 42.4 Å². The van der Waals surface area contributed by atoms with E-state index in [1.54, 1.807) is 112 Å². The normalized spacial score (nSPS) is 12.6. The number of ether oxygens (including phenoxy) is 4. The Morgan fingerprint density at radius 2 is 1.33 bits per heavy atom. The minimum Gasteiger partial charge on any atom is -0.497 e. The lowest BCUT2D eigenvalue weighted by Crippen LogP contribution is -2.39. The number of carbonyl (C=O) groups excluding carboxylic acids is 1. The summed E-state index contributed by atoms with van der Waals surface area (Å²) < 4.78 is 87.0. The summed E-state index contributed by atoms with van der Waals surface area (Å²) in [5.74, 6) is 1.75. The number of benzene rings is 5. The number of fused-ring (bicyclic) bond motifs is 1. The van der Waals surface area contributed by atoms with Crippen LogP contribution in [0.1, 0.15) is 44.4 Å². The highest BCUT2D eigenvalue weighted by molar-refractivity contribution is 7.94. The van der Waals surface area contributed by atoms with Crippen LogP contribution in [0.2, 0.25) is 0 Å². The number of rotatable bonds is 17. The number of aromatic nitrogens is 6. The van der Waals surface area contributed by atoms with Crippen LogP contribution >= 0.6 is 0 Å². The van der Waals surface area contributed by atoms with Crippen LogP contribution < -0.4 is 25.3 Å². The second-order valence-corrected chi connectivity index (χ2v) is 20.9. The van der Waals surface area contributed by atoms with Gasteiger partial charge in [0.2, 0.25) is 21.8 Å². The number of tetrazole rings is 1. The topological polar surface area (TPSA) is 225 Å². The number of para-hydroxylation sites is 1. The van der Waals surface area contributed by atoms with Crippen molar-refractivity contribution in [1.29, 1.82) is 0 Å². The molecule has 0 radical (unpaired) electrons. The molecule has 3 N–H and O–H groups in total. The van der Waals surface area contributed by atoms with Crippen LogP contribution in [0.4, 0.5) is 10.7 Å². The smallest absolute Gasteiger partial charge is 0.407 e. The Morgan fingerprint density at radius 3 is 1.87 bits per heavy atom. The van der Waals surface area contributed by atoms with Crippen LogP contribution in [-0.4, -0.2) is 95.7 Å². The summed E-state index contributed by atoms with van der Waals surface area (Å²) in [6, 6.07) is 29.0. The number of imidazole rings is 1. The molecular formula is C47H53N9O9S2. The molecule has 2 heterocycles. The number of nitrogen functional groups attached to an aromatic ring is 1. The SMILES string of the molecule is COc1ccc(CN(Cc2ccc(OC)cc2)S(=O)(=O)c2c(S(=O)(=O)[C@H](C)CNC(=O)OC(C)(C)C)ccc(-c3cccc4c3nc(N)n4C)c2-c2nnn(Cc3ccc(OC)cc3)n2)cc1. The zero-order valence-electron chi connectivity index (χ0n) is 38.4. The molecule has 18 nitrogen and oxygen atoms in total. The minimum atomic E-state index is -4.96. The van der Waals surface area contributed by atoms with Crippen molar-refractivity contribution >= 4 is 42.9 Å². The van der Waals surface area contributed by atoms with Gasteiger partial charge >= 0.3 is 6.09 Å². The molecule has 5 aromatic carbocycles. The summed E-state index contributed by atoms with van der Waals surface area (Å²) in [5.41, 5.74) is 8.94. The van der Waals surface area contributed by atoms with E-state index < -0.39 is 53.1 Å². The molecule has 0 saturated heterocycles. The number of hydrogen-bond acceptors (Lipinski definition) is 14. The van der Waals surface area contributed by atoms with Crippen molar-refractivity contribution in [3.05, 3.63) is 120 Å². The predicted molar refractivity (Wildman–Crippen MR) is 253 cm³/mol. The lowest BCUT2D eigenvalue weighted by molar-refractivity contribution is 0.0528. The largest absolute Gasteiger partial charge is 0.497 e. The van der Waals surface area contributed by atoms with Gasteiger partial charge in [0.25, 0.3) is 0 Å². The van der Waals surface area contributed by atoms with Crippen LogP contribution in [0.25, 0.3) is 33.5 Å². The second kappa shape index (κ2) is 19.4. The monoisotopic (exact) mass is 951 g/mol. The Morgan fingerprint density at radius 1 is 0.776 bits per heavy atom. The van der Waals surface area contributed by atoms with Crippen molar-refractivity contribution < 1.29 is 40.6 Å². The van der Waals surface area contributed by atoms with E-state index in [0.717, 1.165) is 5.56 Å². The van der Waals surface area contributed by atoms with Gasteiger partial charge in [0.15, 0.2) is 9.84 Å². The highest BCUT2D eigenvalue weighted by Crippen LogP contribution is 2.44. The first-order valence-electron chi connectivity index (χ1n) is 21.1. The number of anilines is 1. The molecule has 20 heteroatoms. The molecule has 7 rings (SSSR count). The lowest BCUT2D eigenvalue weighted by atomic mass is 9.98. The molecule has 0 bridgehead atoms. The molecule has 0 aliphatic rings. The van der Waals surface area contributed by atoms with Gasteiger partial charge in [0.05, 0.1) is 54.6 Å². The molecule has 2 aromatic heterocycles. The van der Waals surface area contributed by atoms with Gasteiger partial charge in [-0.25, -0.2) is 26.6 Å². The van der Waals surface area contributed by atoms with E-state index in [1.807, 2.05) is 18.2 Å². The third-order valence-corrected chi connectivity index (χ3v) is 15.1. The Balaban J connectivity index is 1.51. The van der Waals surface area contributed by atoms with Crippen molar-refractivity contribution in [2.75, 3.05) is 33.6 Å². The van der Waals surface area contributed by atoms with E-state index in [2.05, 4.69) is 20.6 Å². The standard InChI is InChI=1S/C47H53N9O9S2/c1-30(26-49-46(57)65-47(2,3)4)66(58,59)40-25-24-37(38-10-9-11-39-42(38)50-45(48)54(39)5)41(44-51-53-56(52-44)29-33-16-22-36(64-8)23-17-33)43(40)67(60,61)55(27-31-12-18-34(62-6)19-13-31)28-32-14-20-35(63-7)21-15-32/h9-25,30H,26-29H2,1-8H3,(H2,48,50)(H,49,57)/t30-/m1/s1. The number of amides is 1. The van der Waals surface area contributed by atoms with Crippen molar-refractivity contribution in [3.8, 4) is 39.8 Å². The highest BCUT2D eigenvalue weighted by atomic mass is 32.2. The fourth-order valence-corrected chi connectivity index (χ4v) is 11.0. The number of methoxy groups -OCH3 is 3. The van der Waals surface area contributed by atoms with Crippen LogP contribution in [-0.2, 0) is 51.3 Å². The molecule has 1 atom stereocenters. The van der Waals surface area contributed by atoms with Crippen molar-refractivity contribution in [3.63, 3.8) is 0 Å². The van der Waals surface area contributed by atoms with E-state index in [4.69, 9.17) is 29.8 Å². The van der Waals surface area contributed by atoms with Gasteiger partial charge in [-0.15, -0.1) is 10.2 Å². The van der Waals surface area contributed by atoms with Gasteiger partial charge < -0.3 is 34.6 Å². The molecule has 0 aliphatic heterocycles. The van der Waals surface area contributed by atoms with E-state index in [-0.39, 0.29) is 42.5 Å². The molecule has 67 heavy (non-hydrogen) atoms. The number of sulfonamides is 1. The van der Waals surface area contributed by atoms with Crippen molar-refractivity contribution in [2.24, 2.45) is 7.05 Å². The number of sulfone groups is 1. The number of carbonyl (C=O) groups is 1. The quantitative estimate of drug-likeness (QED) is 0.0978. The summed E-state index contributed by atoms with van der Waals surface area (Å²) in [6.45, 7) is 5.70. The molecule has 0 fully saturated rings. The van der Waals surface area contributed by atoms with Crippen LogP contribution in [0.15, 0.2) is 113 Å². The maximum absolute atomic E-state index is 16.1. The molecule has 0 saturated carbocycles. The van der Waals surface area contributed by atoms with Crippen LogP contribution in [0.3, 0.4) is 0 Å². The number of alkyl carbamates (subject to hydrolysis) is 1. The van der Waals surface area contributed by atoms with Crippen LogP contribution in [0.5, 0.6) is 17.2 Å². The van der Waals surface area contributed by atoms with Gasteiger partial charge in [-0.2, -0.15) is 9.10 Å². The first kappa shape index (κ1) is 47.9. The fraction of sp³-hybridized carbons (Fsp3) is 0.298. The van der Waals surface area contributed by atoms with Gasteiger partial charge in [0.1, 0.15) is 27.7 Å². The third kappa shape index (κ3) is 10.5. The van der Waals surface area contributed by atoms with E-state index >= 15 is 16.8 Å². The summed E-state index contributed by atoms with van der Waals surface area (Å²) in [6.07, 6.45) is -0.844. The Bertz CT molecular complexity index is 3060. The van der Waals surface area contributed by atoms with Gasteiger partial charge in [-0.1, -0.05) is 54.6 Å². The average molecular weight is 952 g/mol. The lowest BCUT2D eigenvalue weighted by Gasteiger charge is -2.27. The average Bonchev–Trinajstić information content (AvgIpc) is 3.89. The zero-order chi connectivity index (χ0) is 48.3. The summed E-state index contributed by atoms with van der Waals surface area (Å²) >= 11 is 0. The number of aryl methyl sites for hydroxylation is 1. The number of nitrogens with zero attached hydrogens (tertiary/aromatic N) is 7. The van der Waals surface area contributed by atoms with Crippen molar-refractivity contribution in [2.45, 2.75) is 68.0 Å². The summed E-state index contributed by atoms with van der Waals surface area (Å²) in [7, 11) is -3.26. The molecule has 0 unspecified atom stereocenters. The predicted octanol–water partition coefficient (Wildman–Crippen LogP) is 6.63. The second-order valence-electron chi connectivity index (χ2n) is 16.7. The van der Waals surface area contributed by atoms with E-state index in [9.17, 15) is 4.79 Å². The summed E-state index contributed by atoms with van der Waals surface area (Å²) in [4.78, 5) is 17.6. The highest BCUT2D eigenvalue weighted by Gasteiger charge is 2.40. The molecule has 7 aromatic rings.